The van der Waals surface area contributed by atoms with Gasteiger partial charge in [0, 0.05) is 136 Å². The van der Waals surface area contributed by atoms with E-state index in [1.165, 1.54) is 117 Å². The lowest BCUT2D eigenvalue weighted by molar-refractivity contribution is 0.216. The molecule has 0 unspecified atom stereocenters. The van der Waals surface area contributed by atoms with Gasteiger partial charge in [-0.1, -0.05) is 176 Å². The number of unbranched alkanes of at least 4 members (excludes halogenated alkanes) is 8. The van der Waals surface area contributed by atoms with Crippen LogP contribution in [0.5, 0.6) is 0 Å². The van der Waals surface area contributed by atoms with Gasteiger partial charge in [-0.2, -0.15) is 0 Å². The van der Waals surface area contributed by atoms with Gasteiger partial charge in [0.2, 0.25) is 0 Å². The molecule has 138 heavy (non-hydrogen) atoms. The predicted octanol–water partition coefficient (Wildman–Crippen LogP) is 13.7. The maximum Gasteiger partial charge on any atom is 0.130 e. The van der Waals surface area contributed by atoms with Gasteiger partial charge in [0.15, 0.2) is 0 Å². The minimum absolute atomic E-state index is 0.00480. The summed E-state index contributed by atoms with van der Waals surface area (Å²) in [5.41, 5.74) is 65.7. The molecule has 0 saturated heterocycles. The molecular formula is C104H141ClN26O6S. The van der Waals surface area contributed by atoms with Gasteiger partial charge < -0.3 is 91.7 Å². The minimum atomic E-state index is -0.0328. The Balaban J connectivity index is 0.000000155. The van der Waals surface area contributed by atoms with Gasteiger partial charge in [-0.25, -0.2) is 74.8 Å². The SMILES string of the molecule is CCCCCCCCCCC1=CCc2c(N)ncnc21.CCCC[C@H](CO)NCC1=CCc2c(N)ncnc21.CC[C@@H](CO)CCC1=CCc2c(N)ncnc21.C[C@@H](CO)CCC1=CCc2c(N)ncnc21.Nc1ncnc2c1CC=C2CC[C@H](CO)c1ccccc1.Nc1ncnc2c1CC=C2CN[C@H](CO)CSc1ccc(Cl)cc1.Nc1ncnc2c1CC=C2CN[C@H](CO)Cc1cnc[nH]1. The number of aliphatic hydroxyl groups is 6. The van der Waals surface area contributed by atoms with Gasteiger partial charge in [0.05, 0.1) is 66.0 Å². The van der Waals surface area contributed by atoms with Crippen LogP contribution in [0.15, 0.2) is 159 Å². The molecule has 0 aliphatic heterocycles. The predicted molar refractivity (Wildman–Crippen MR) is 556 cm³/mol. The molecule has 0 bridgehead atoms. The molecule has 32 nitrogen and oxygen atoms in total. The Kier molecular flexibility index (Phi) is 44.1. The number of anilines is 7. The first kappa shape index (κ1) is 107. The number of imidazole rings is 1. The van der Waals surface area contributed by atoms with Crippen LogP contribution in [0.1, 0.15) is 246 Å². The van der Waals surface area contributed by atoms with Crippen LogP contribution in [0.2, 0.25) is 5.02 Å². The zero-order valence-corrected chi connectivity index (χ0v) is 81.9. The van der Waals surface area contributed by atoms with Crippen LogP contribution < -0.4 is 56.1 Å². The first-order valence-electron chi connectivity index (χ1n) is 48.6. The number of rotatable bonds is 43. The fraction of sp³-hybridized carbons (Fsp3) is 0.452. The number of hydrogen-bond donors (Lipinski definition) is 17. The van der Waals surface area contributed by atoms with Gasteiger partial charge in [-0.3, -0.25) is 0 Å². The van der Waals surface area contributed by atoms with Crippen molar-refractivity contribution < 1.29 is 30.6 Å². The van der Waals surface area contributed by atoms with Gasteiger partial charge in [-0.15, -0.1) is 11.8 Å². The maximum absolute atomic E-state index is 9.63. The number of aromatic nitrogens is 16. The molecule has 8 aromatic heterocycles. The number of nitrogens with one attached hydrogen (secondary N) is 4. The third-order valence-corrected chi connectivity index (χ3v) is 27.3. The molecule has 10 aromatic rings. The molecule has 17 rings (SSSR count). The number of fused-ring (bicyclic) bond motifs is 7. The van der Waals surface area contributed by atoms with Crippen molar-refractivity contribution in [3.8, 4) is 0 Å². The van der Waals surface area contributed by atoms with Crippen molar-refractivity contribution >= 4 is 103 Å². The molecule has 0 amide bonds. The third-order valence-electron chi connectivity index (χ3n) is 25.9. The number of hydrogen-bond acceptors (Lipinski definition) is 32. The number of thioether (sulfide) groups is 1. The Hall–Kier alpha value is -11.7. The summed E-state index contributed by atoms with van der Waals surface area (Å²) in [7, 11) is 0. The summed E-state index contributed by atoms with van der Waals surface area (Å²) in [5, 5.41) is 67.0. The second kappa shape index (κ2) is 57.0. The van der Waals surface area contributed by atoms with E-state index in [4.69, 9.17) is 56.8 Å². The largest absolute Gasteiger partial charge is 0.396 e. The van der Waals surface area contributed by atoms with Crippen molar-refractivity contribution in [2.75, 3.05) is 105 Å². The van der Waals surface area contributed by atoms with Crippen LogP contribution in [0.4, 0.5) is 40.7 Å². The molecule has 0 radical (unpaired) electrons. The number of aromatic amines is 1. The Morgan fingerprint density at radius 3 is 1.10 bits per heavy atom. The summed E-state index contributed by atoms with van der Waals surface area (Å²) in [4.78, 5) is 66.6. The fourth-order valence-electron chi connectivity index (χ4n) is 17.3. The summed E-state index contributed by atoms with van der Waals surface area (Å²) in [6, 6.07) is 18.0. The Morgan fingerprint density at radius 1 is 0.370 bits per heavy atom. The van der Waals surface area contributed by atoms with Crippen LogP contribution in [0.3, 0.4) is 0 Å². The summed E-state index contributed by atoms with van der Waals surface area (Å²) in [6.45, 7) is 11.6. The number of nitrogens with two attached hydrogens (primary N) is 7. The highest BCUT2D eigenvalue weighted by molar-refractivity contribution is 7.99. The number of H-pyrrole nitrogens is 1. The second-order valence-electron chi connectivity index (χ2n) is 35.5. The monoisotopic (exact) mass is 1920 g/mol. The van der Waals surface area contributed by atoms with Crippen LogP contribution in [-0.2, 0) is 51.4 Å². The van der Waals surface area contributed by atoms with Crippen molar-refractivity contribution in [1.82, 2.24) is 95.7 Å². The molecule has 2 aromatic carbocycles. The number of halogens is 1. The lowest BCUT2D eigenvalue weighted by atomic mass is 9.92. The molecule has 0 saturated carbocycles. The van der Waals surface area contributed by atoms with Crippen LogP contribution >= 0.6 is 23.4 Å². The fourth-order valence-corrected chi connectivity index (χ4v) is 18.4. The van der Waals surface area contributed by atoms with Gasteiger partial charge in [-0.05, 0) is 183 Å². The van der Waals surface area contributed by atoms with Crippen LogP contribution in [-0.4, -0.2) is 194 Å². The highest BCUT2D eigenvalue weighted by Crippen LogP contribution is 2.39. The summed E-state index contributed by atoms with van der Waals surface area (Å²) in [5.74, 6) is 5.72. The summed E-state index contributed by atoms with van der Waals surface area (Å²) in [6.07, 6.45) is 57.6. The Bertz CT molecular complexity index is 5700. The number of nitrogens with zero attached hydrogens (tertiary/aromatic N) is 15. The van der Waals surface area contributed by atoms with Crippen molar-refractivity contribution in [2.45, 2.75) is 230 Å². The first-order valence-corrected chi connectivity index (χ1v) is 49.9. The topological polar surface area (TPSA) is 549 Å². The molecular weight excluding hydrogens is 1780 g/mol. The normalized spacial score (nSPS) is 14.7. The van der Waals surface area contributed by atoms with Crippen LogP contribution in [0.25, 0.3) is 39.0 Å². The molecule has 34 heteroatoms. The van der Waals surface area contributed by atoms with Crippen molar-refractivity contribution in [3.05, 3.63) is 249 Å². The highest BCUT2D eigenvalue weighted by atomic mass is 35.5. The average molecular weight is 1920 g/mol. The number of aliphatic hydroxyl groups excluding tert-OH is 6. The minimum Gasteiger partial charge on any atom is -0.396 e. The van der Waals surface area contributed by atoms with Crippen molar-refractivity contribution in [3.63, 3.8) is 0 Å². The van der Waals surface area contributed by atoms with E-state index in [1.807, 2.05) is 49.4 Å². The zero-order chi connectivity index (χ0) is 97.9. The first-order chi connectivity index (χ1) is 67.3. The van der Waals surface area contributed by atoms with E-state index in [-0.39, 0.29) is 63.7 Å². The molecule has 0 fully saturated rings. The third kappa shape index (κ3) is 31.4. The molecule has 8 heterocycles. The summed E-state index contributed by atoms with van der Waals surface area (Å²) < 4.78 is 0. The molecule has 6 atom stereocenters. The molecule has 0 spiro atoms. The van der Waals surface area contributed by atoms with Crippen LogP contribution in [0, 0.1) is 11.8 Å². The quantitative estimate of drug-likeness (QED) is 0.0125. The van der Waals surface area contributed by atoms with Crippen molar-refractivity contribution in [2.24, 2.45) is 11.8 Å². The highest BCUT2D eigenvalue weighted by Gasteiger charge is 2.28. The lowest BCUT2D eigenvalue weighted by Gasteiger charge is -2.16. The Morgan fingerprint density at radius 2 is 0.732 bits per heavy atom. The molecule has 7 aliphatic carbocycles. The smallest absolute Gasteiger partial charge is 0.130 e. The number of allylic oxidation sites excluding steroid dienone is 11. The van der Waals surface area contributed by atoms with E-state index in [0.29, 0.717) is 72.1 Å². The van der Waals surface area contributed by atoms with Crippen molar-refractivity contribution in [1.29, 1.82) is 0 Å². The van der Waals surface area contributed by atoms with E-state index in [0.717, 1.165) is 239 Å². The number of nitrogen functional groups attached to an aromatic ring is 7. The maximum atomic E-state index is 9.63. The molecule has 736 valence electrons. The summed E-state index contributed by atoms with van der Waals surface area (Å²) >= 11 is 7.58. The average Bonchev–Trinajstić information content (AvgIpc) is 1.70. The number of benzene rings is 2. The van der Waals surface area contributed by atoms with Gasteiger partial charge >= 0.3 is 0 Å². The van der Waals surface area contributed by atoms with Gasteiger partial charge in [0.25, 0.3) is 0 Å². The van der Waals surface area contributed by atoms with Gasteiger partial charge in [0.1, 0.15) is 85.0 Å². The Labute approximate surface area is 820 Å². The standard InChI is InChI=1S/C17H19ClN4OS.C17H19N3O.C17H27N3.C14H18N6O.C14H22N4O.C13H19N3O.C12H17N3O/c18-12-2-4-14(5-3-12)24-9-13(8-23)20-7-11-1-6-15-16(11)21-10-22-17(15)19;18-17-15-9-8-13(16(15)19-11-20-17)6-7-14(10-21)12-4-2-1-3-5-12;1-2-3-4-5-6-7-8-9-10-14-11-12-15-16(14)19-13-20-17(15)18;15-14-12-2-1-9(13(12)19-8-20-14)4-17-11(6-21)3-10-5-16-7-18-10;1-2-3-4-11(8-19)16-7-10-5-6-12-13(10)17-9-18-14(12)15;1-2-9(7-17)3-4-10-5-6-11-12(10)15-8-16-13(11)14;1-8(6-16)2-3-9-4-5-10-11(9)14-7-15-12(10)13/h1-5,10,13,20,23H,6-9H2,(H2,19,21,22);1-5,8,11,14,21H,6-7,9-10H2,(H2,18,19,20);11,13H,2-10,12H2,1H3,(H2,18,19,20);1,5,7-8,11,17,21H,2-4,6H2,(H,16,18)(H2,15,19,20);5,9,11,16,19H,2-4,6-8H2,1H3,(H2,15,17,18);5,8-9,17H,2-4,6-7H2,1H3,(H2,14,15,16);4,7-8,16H,2-3,5-6H2,1H3,(H2,13,14,15)/t13-;14-;;2*11-;9-;8-/m11.0111/s1. The second-order valence-corrected chi connectivity index (χ2v) is 37.0. The molecule has 24 N–H and O–H groups in total. The molecule has 7 aliphatic rings. The van der Waals surface area contributed by atoms with E-state index in [2.05, 4.69) is 171 Å². The lowest BCUT2D eigenvalue weighted by Crippen LogP contribution is -2.35. The van der Waals surface area contributed by atoms with E-state index >= 15 is 0 Å². The van der Waals surface area contributed by atoms with E-state index < -0.39 is 0 Å². The zero-order valence-electron chi connectivity index (χ0n) is 80.3. The van der Waals surface area contributed by atoms with E-state index in [1.54, 1.807) is 30.6 Å². The van der Waals surface area contributed by atoms with E-state index in [9.17, 15) is 25.5 Å².